The Labute approximate surface area is 118 Å². The van der Waals surface area contributed by atoms with Gasteiger partial charge in [-0.1, -0.05) is 0 Å². The van der Waals surface area contributed by atoms with Crippen molar-refractivity contribution in [3.05, 3.63) is 24.3 Å². The average Bonchev–Trinajstić information content (AvgIpc) is 2.93. The molecule has 2 N–H and O–H groups in total. The minimum atomic E-state index is -0.129. The van der Waals surface area contributed by atoms with E-state index in [2.05, 4.69) is 15.5 Å². The maximum Gasteiger partial charge on any atom is 0.319 e. The van der Waals surface area contributed by atoms with Gasteiger partial charge >= 0.3 is 6.03 Å². The first-order valence-electron chi connectivity index (χ1n) is 6.69. The number of carbonyl (C=O) groups excluding carboxylic acids is 1. The topological polar surface area (TPSA) is 44.4 Å². The molecule has 1 aromatic rings. The molecule has 19 heavy (non-hydrogen) atoms. The summed E-state index contributed by atoms with van der Waals surface area (Å²) < 4.78 is 0. The maximum absolute atomic E-state index is 11.7. The lowest BCUT2D eigenvalue weighted by molar-refractivity contribution is 0.249. The third kappa shape index (κ3) is 4.76. The second kappa shape index (κ2) is 7.40. The highest BCUT2D eigenvalue weighted by Gasteiger charge is 2.10. The van der Waals surface area contributed by atoms with Crippen molar-refractivity contribution in [2.45, 2.75) is 17.7 Å². The number of thioether (sulfide) groups is 1. The average molecular weight is 279 g/mol. The SMILES string of the molecule is CSc1ccc(NC(=O)NCCN2CCCC2)cc1. The van der Waals surface area contributed by atoms with E-state index in [1.54, 1.807) is 11.8 Å². The second-order valence-corrected chi connectivity index (χ2v) is 5.54. The van der Waals surface area contributed by atoms with Crippen molar-refractivity contribution in [1.29, 1.82) is 0 Å². The molecule has 2 amide bonds. The number of benzene rings is 1. The zero-order chi connectivity index (χ0) is 13.5. The lowest BCUT2D eigenvalue weighted by atomic mass is 10.3. The van der Waals surface area contributed by atoms with E-state index in [9.17, 15) is 4.79 Å². The van der Waals surface area contributed by atoms with Gasteiger partial charge in [0.15, 0.2) is 0 Å². The van der Waals surface area contributed by atoms with Gasteiger partial charge < -0.3 is 15.5 Å². The lowest BCUT2D eigenvalue weighted by Gasteiger charge is -2.15. The van der Waals surface area contributed by atoms with Gasteiger partial charge in [-0.05, 0) is 56.5 Å². The van der Waals surface area contributed by atoms with Crippen LogP contribution in [-0.4, -0.2) is 43.4 Å². The summed E-state index contributed by atoms with van der Waals surface area (Å²) in [5.41, 5.74) is 0.830. The van der Waals surface area contributed by atoms with Crippen LogP contribution in [0.3, 0.4) is 0 Å². The molecule has 0 radical (unpaired) electrons. The van der Waals surface area contributed by atoms with Gasteiger partial charge in [0.2, 0.25) is 0 Å². The van der Waals surface area contributed by atoms with Crippen molar-refractivity contribution in [3.63, 3.8) is 0 Å². The molecule has 0 spiro atoms. The number of rotatable bonds is 5. The number of likely N-dealkylation sites (tertiary alicyclic amines) is 1. The first kappa shape index (κ1) is 14.2. The molecule has 1 saturated heterocycles. The summed E-state index contributed by atoms with van der Waals surface area (Å²) in [5, 5.41) is 5.73. The van der Waals surface area contributed by atoms with Crippen molar-refractivity contribution in [3.8, 4) is 0 Å². The Balaban J connectivity index is 1.68. The van der Waals surface area contributed by atoms with Gasteiger partial charge in [-0.15, -0.1) is 11.8 Å². The monoisotopic (exact) mass is 279 g/mol. The molecular weight excluding hydrogens is 258 g/mol. The third-order valence-electron chi connectivity index (χ3n) is 3.26. The number of nitrogens with zero attached hydrogens (tertiary/aromatic N) is 1. The minimum absolute atomic E-state index is 0.129. The second-order valence-electron chi connectivity index (χ2n) is 4.66. The molecule has 0 unspecified atom stereocenters. The van der Waals surface area contributed by atoms with Crippen molar-refractivity contribution in [2.75, 3.05) is 37.8 Å². The maximum atomic E-state index is 11.7. The zero-order valence-corrected chi connectivity index (χ0v) is 12.1. The van der Waals surface area contributed by atoms with E-state index >= 15 is 0 Å². The number of hydrogen-bond acceptors (Lipinski definition) is 3. The van der Waals surface area contributed by atoms with Crippen LogP contribution >= 0.6 is 11.8 Å². The normalized spacial score (nSPS) is 15.4. The smallest absolute Gasteiger partial charge is 0.319 e. The van der Waals surface area contributed by atoms with Crippen LogP contribution in [0, 0.1) is 0 Å². The molecule has 1 fully saturated rings. The standard InChI is InChI=1S/C14H21N3OS/c1-19-13-6-4-12(5-7-13)16-14(18)15-8-11-17-9-2-3-10-17/h4-7H,2-3,8-11H2,1H3,(H2,15,16,18). The van der Waals surface area contributed by atoms with Crippen molar-refractivity contribution < 1.29 is 4.79 Å². The van der Waals surface area contributed by atoms with E-state index in [4.69, 9.17) is 0 Å². The number of anilines is 1. The Bertz CT molecular complexity index is 402. The molecule has 1 aliphatic heterocycles. The predicted molar refractivity (Wildman–Crippen MR) is 80.9 cm³/mol. The Kier molecular flexibility index (Phi) is 5.54. The van der Waals surface area contributed by atoms with Crippen LogP contribution in [0.4, 0.5) is 10.5 Å². The molecule has 4 nitrogen and oxygen atoms in total. The molecule has 1 heterocycles. The van der Waals surface area contributed by atoms with Gasteiger partial charge in [0.05, 0.1) is 0 Å². The Morgan fingerprint density at radius 2 is 1.95 bits per heavy atom. The first-order valence-corrected chi connectivity index (χ1v) is 7.91. The van der Waals surface area contributed by atoms with Crippen molar-refractivity contribution in [2.24, 2.45) is 0 Å². The number of nitrogens with one attached hydrogen (secondary N) is 2. The van der Waals surface area contributed by atoms with Gasteiger partial charge in [-0.25, -0.2) is 4.79 Å². The fraction of sp³-hybridized carbons (Fsp3) is 0.500. The van der Waals surface area contributed by atoms with E-state index in [-0.39, 0.29) is 6.03 Å². The van der Waals surface area contributed by atoms with Gasteiger partial charge in [0.25, 0.3) is 0 Å². The van der Waals surface area contributed by atoms with E-state index in [1.165, 1.54) is 30.8 Å². The van der Waals surface area contributed by atoms with Crippen LogP contribution < -0.4 is 10.6 Å². The van der Waals surface area contributed by atoms with Gasteiger partial charge in [0.1, 0.15) is 0 Å². The summed E-state index contributed by atoms with van der Waals surface area (Å²) in [7, 11) is 0. The summed E-state index contributed by atoms with van der Waals surface area (Å²) in [5.74, 6) is 0. The minimum Gasteiger partial charge on any atom is -0.337 e. The van der Waals surface area contributed by atoms with Crippen LogP contribution in [0.2, 0.25) is 0 Å². The van der Waals surface area contributed by atoms with Crippen LogP contribution in [0.5, 0.6) is 0 Å². The van der Waals surface area contributed by atoms with Crippen LogP contribution in [0.15, 0.2) is 29.2 Å². The van der Waals surface area contributed by atoms with Crippen molar-refractivity contribution in [1.82, 2.24) is 10.2 Å². The molecule has 5 heteroatoms. The molecule has 1 aliphatic rings. The molecule has 104 valence electrons. The lowest BCUT2D eigenvalue weighted by Crippen LogP contribution is -2.35. The molecule has 0 aliphatic carbocycles. The quantitative estimate of drug-likeness (QED) is 0.814. The number of carbonyl (C=O) groups is 1. The largest absolute Gasteiger partial charge is 0.337 e. The fourth-order valence-corrected chi connectivity index (χ4v) is 2.59. The molecule has 0 aromatic heterocycles. The highest BCUT2D eigenvalue weighted by Crippen LogP contribution is 2.17. The number of hydrogen-bond donors (Lipinski definition) is 2. The summed E-state index contributed by atoms with van der Waals surface area (Å²) in [4.78, 5) is 15.3. The van der Waals surface area contributed by atoms with E-state index < -0.39 is 0 Å². The zero-order valence-electron chi connectivity index (χ0n) is 11.3. The summed E-state index contributed by atoms with van der Waals surface area (Å²) in [6, 6.07) is 7.73. The molecule has 1 aromatic carbocycles. The van der Waals surface area contributed by atoms with E-state index in [1.807, 2.05) is 30.5 Å². The fourth-order valence-electron chi connectivity index (χ4n) is 2.18. The Hall–Kier alpha value is -1.20. The van der Waals surface area contributed by atoms with Gasteiger partial charge in [-0.2, -0.15) is 0 Å². The first-order chi connectivity index (χ1) is 9.28. The van der Waals surface area contributed by atoms with Gasteiger partial charge in [0, 0.05) is 23.7 Å². The third-order valence-corrected chi connectivity index (χ3v) is 4.00. The predicted octanol–water partition coefficient (Wildman–Crippen LogP) is 2.63. The van der Waals surface area contributed by atoms with Crippen LogP contribution in [-0.2, 0) is 0 Å². The molecule has 2 rings (SSSR count). The molecule has 0 atom stereocenters. The van der Waals surface area contributed by atoms with E-state index in [0.29, 0.717) is 6.54 Å². The number of amides is 2. The molecular formula is C14H21N3OS. The van der Waals surface area contributed by atoms with Crippen molar-refractivity contribution >= 4 is 23.5 Å². The molecule has 0 saturated carbocycles. The Morgan fingerprint density at radius 1 is 1.26 bits per heavy atom. The van der Waals surface area contributed by atoms with Crippen LogP contribution in [0.25, 0.3) is 0 Å². The van der Waals surface area contributed by atoms with Gasteiger partial charge in [-0.3, -0.25) is 0 Å². The summed E-state index contributed by atoms with van der Waals surface area (Å²) in [6.07, 6.45) is 4.61. The van der Waals surface area contributed by atoms with Crippen LogP contribution in [0.1, 0.15) is 12.8 Å². The molecule has 0 bridgehead atoms. The number of urea groups is 1. The highest BCUT2D eigenvalue weighted by molar-refractivity contribution is 7.98. The highest BCUT2D eigenvalue weighted by atomic mass is 32.2. The summed E-state index contributed by atoms with van der Waals surface area (Å²) >= 11 is 1.69. The Morgan fingerprint density at radius 3 is 2.58 bits per heavy atom. The summed E-state index contributed by atoms with van der Waals surface area (Å²) in [6.45, 7) is 3.98. The van der Waals surface area contributed by atoms with E-state index in [0.717, 1.165) is 12.2 Å².